The molecule has 2 aromatic rings. The van der Waals surface area contributed by atoms with Crippen LogP contribution in [0.25, 0.3) is 0 Å². The molecule has 3 heterocycles. The molecule has 0 spiro atoms. The monoisotopic (exact) mass is 984 g/mol. The summed E-state index contributed by atoms with van der Waals surface area (Å²) < 4.78 is 0. The maximum absolute atomic E-state index is 3.21. The minimum Gasteiger partial charge on any atom is -0.393 e. The average Bonchev–Trinajstić information content (AvgIpc) is 4.38. The normalized spacial score (nSPS) is 16.6. The van der Waals surface area contributed by atoms with E-state index in [1.165, 1.54) is 109 Å². The lowest BCUT2D eigenvalue weighted by atomic mass is 10.1. The van der Waals surface area contributed by atoms with Crippen LogP contribution in [-0.2, 0) is 6.54 Å². The van der Waals surface area contributed by atoms with Crippen molar-refractivity contribution < 1.29 is 0 Å². The van der Waals surface area contributed by atoms with E-state index in [4.69, 9.17) is 0 Å². The van der Waals surface area contributed by atoms with Crippen molar-refractivity contribution in [2.24, 2.45) is 5.92 Å². The predicted molar refractivity (Wildman–Crippen MR) is 308 cm³/mol. The molecule has 0 radical (unpaired) electrons. The van der Waals surface area contributed by atoms with Crippen molar-refractivity contribution in [3.63, 3.8) is 0 Å². The first kappa shape index (κ1) is 62.8. The third-order valence-electron chi connectivity index (χ3n) is 11.1. The van der Waals surface area contributed by atoms with E-state index in [1.807, 2.05) is 166 Å². The Morgan fingerprint density at radius 1 is 0.423 bits per heavy atom. The number of para-hydroxylation sites is 1. The van der Waals surface area contributed by atoms with E-state index in [-0.39, 0.29) is 0 Å². The fourth-order valence-corrected chi connectivity index (χ4v) is 6.53. The summed E-state index contributed by atoms with van der Waals surface area (Å²) in [6.07, 6.45) is 41.3. The lowest BCUT2D eigenvalue weighted by molar-refractivity contribution is 0.198. The zero-order valence-electron chi connectivity index (χ0n) is 45.4. The third-order valence-corrected chi connectivity index (χ3v) is 11.1. The van der Waals surface area contributed by atoms with E-state index in [2.05, 4.69) is 116 Å². The van der Waals surface area contributed by atoms with Crippen LogP contribution in [0.3, 0.4) is 0 Å². The van der Waals surface area contributed by atoms with Crippen LogP contribution in [0, 0.1) is 5.92 Å². The number of hydrogen-bond acceptors (Lipinski definition) is 15. The van der Waals surface area contributed by atoms with Gasteiger partial charge in [0.25, 0.3) is 0 Å². The van der Waals surface area contributed by atoms with Crippen molar-refractivity contribution in [1.29, 1.82) is 0 Å². The second-order valence-electron chi connectivity index (χ2n) is 17.5. The Hall–Kier alpha value is -6.22. The molecule has 2 aliphatic carbocycles. The van der Waals surface area contributed by atoms with Crippen molar-refractivity contribution in [3.05, 3.63) is 153 Å². The van der Waals surface area contributed by atoms with Gasteiger partial charge in [0.2, 0.25) is 0 Å². The lowest BCUT2D eigenvalue weighted by Crippen LogP contribution is -2.41. The molecule has 71 heavy (non-hydrogen) atoms. The largest absolute Gasteiger partial charge is 0.393 e. The SMILES string of the molecule is CNC=CN1CCCCC1.CNC=CN1CCCCC1.CNC=CN1CCN(C)CC1.CNC=CNC1CC1.CNC=CNCC1CC1.CNC=CNCc1ccccc1.CNC=CNc1ccccc1. The van der Waals surface area contributed by atoms with E-state index in [9.17, 15) is 0 Å². The molecule has 7 rings (SSSR count). The average molecular weight is 985 g/mol. The maximum atomic E-state index is 3.21. The van der Waals surface area contributed by atoms with Crippen molar-refractivity contribution >= 4 is 5.69 Å². The Kier molecular flexibility index (Phi) is 42.0. The standard InChI is InChI=1S/C10H14N2.C9H12N2.C8H17N3.2C8H16N2.C7H14N2.C6H12N2/c1-11-7-8-12-9-10-5-3-2-4-6-10;1-10-7-8-11-9-5-3-2-4-6-9;1-9-3-4-11-7-5-10(2)6-8-11;2*1-9-5-8-10-6-3-2-4-7-10;1-8-4-5-9-6-7-2-3-7;1-7-4-5-8-6-2-3-6/h2-8,11-12H,9H2,1H3;2-8,10-11H,1H3;3-4,9H,5-8H2,1-2H3;2*5,8-9H,2-4,6-7H2,1H3;4-5,7-9H,2-3,6H2,1H3;4-8H,2-3H2,1H3. The van der Waals surface area contributed by atoms with Gasteiger partial charge in [0.15, 0.2) is 0 Å². The molecule has 0 atom stereocenters. The number of hydrogen-bond donors (Lipinski definition) is 11. The van der Waals surface area contributed by atoms with Gasteiger partial charge >= 0.3 is 0 Å². The molecular formula is C56H101N15. The minimum absolute atomic E-state index is 0.777. The van der Waals surface area contributed by atoms with E-state index in [0.29, 0.717) is 0 Å². The first-order valence-electron chi connectivity index (χ1n) is 26.2. The van der Waals surface area contributed by atoms with Crippen LogP contribution < -0.4 is 58.5 Å². The van der Waals surface area contributed by atoms with Gasteiger partial charge in [0.05, 0.1) is 0 Å². The van der Waals surface area contributed by atoms with Gasteiger partial charge in [-0.2, -0.15) is 0 Å². The Balaban J connectivity index is 0.000000415. The highest BCUT2D eigenvalue weighted by Gasteiger charge is 2.19. The van der Waals surface area contributed by atoms with Gasteiger partial charge in [0.1, 0.15) is 0 Å². The minimum atomic E-state index is 0.777. The van der Waals surface area contributed by atoms with Crippen molar-refractivity contribution in [2.75, 3.05) is 121 Å². The number of likely N-dealkylation sites (tertiary alicyclic amines) is 2. The Labute approximate surface area is 433 Å². The molecule has 3 aliphatic heterocycles. The number of piperidine rings is 2. The molecule has 5 fully saturated rings. The van der Waals surface area contributed by atoms with Crippen LogP contribution in [0.2, 0.25) is 0 Å². The summed E-state index contributed by atoms with van der Waals surface area (Å²) in [5.41, 5.74) is 2.39. The first-order chi connectivity index (χ1) is 34.9. The van der Waals surface area contributed by atoms with Gasteiger partial charge in [-0.05, 0) is 94.9 Å². The van der Waals surface area contributed by atoms with E-state index >= 15 is 0 Å². The molecule has 3 saturated heterocycles. The number of nitrogens with zero attached hydrogens (tertiary/aromatic N) is 4. The molecule has 2 saturated carbocycles. The zero-order chi connectivity index (χ0) is 51.5. The van der Waals surface area contributed by atoms with E-state index in [1.54, 1.807) is 0 Å². The third kappa shape index (κ3) is 42.4. The van der Waals surface area contributed by atoms with Crippen LogP contribution >= 0.6 is 0 Å². The maximum Gasteiger partial charge on any atom is 0.0395 e. The number of benzene rings is 2. The second kappa shape index (κ2) is 47.5. The van der Waals surface area contributed by atoms with Crippen molar-refractivity contribution in [3.8, 4) is 0 Å². The summed E-state index contributed by atoms with van der Waals surface area (Å²) in [7, 11) is 15.5. The smallest absolute Gasteiger partial charge is 0.0395 e. The number of piperazine rings is 1. The van der Waals surface area contributed by atoms with Gasteiger partial charge in [-0.15, -0.1) is 0 Å². The summed E-state index contributed by atoms with van der Waals surface area (Å²) in [6.45, 7) is 11.6. The molecule has 0 amide bonds. The molecule has 15 nitrogen and oxygen atoms in total. The molecule has 0 bridgehead atoms. The van der Waals surface area contributed by atoms with Crippen molar-refractivity contribution in [2.45, 2.75) is 76.8 Å². The van der Waals surface area contributed by atoms with Crippen LogP contribution in [0.5, 0.6) is 0 Å². The fourth-order valence-electron chi connectivity index (χ4n) is 6.53. The molecule has 400 valence electrons. The molecule has 15 heteroatoms. The summed E-state index contributed by atoms with van der Waals surface area (Å²) in [5, 5.41) is 33.3. The highest BCUT2D eigenvalue weighted by Crippen LogP contribution is 2.27. The summed E-state index contributed by atoms with van der Waals surface area (Å²) in [6, 6.07) is 21.1. The van der Waals surface area contributed by atoms with Crippen LogP contribution in [0.4, 0.5) is 5.69 Å². The van der Waals surface area contributed by atoms with Crippen LogP contribution in [-0.4, -0.2) is 141 Å². The number of rotatable bonds is 20. The number of nitrogens with one attached hydrogen (secondary N) is 11. The second-order valence-corrected chi connectivity index (χ2v) is 17.5. The van der Waals surface area contributed by atoms with Crippen LogP contribution in [0.15, 0.2) is 147 Å². The zero-order valence-corrected chi connectivity index (χ0v) is 45.4. The molecular weight excluding hydrogens is 883 g/mol. The summed E-state index contributed by atoms with van der Waals surface area (Å²) in [4.78, 5) is 9.40. The molecule has 11 N–H and O–H groups in total. The first-order valence-corrected chi connectivity index (χ1v) is 26.2. The molecule has 2 aromatic carbocycles. The highest BCUT2D eigenvalue weighted by molar-refractivity contribution is 5.44. The molecule has 0 aromatic heterocycles. The van der Waals surface area contributed by atoms with Gasteiger partial charge < -0.3 is 78.1 Å². The summed E-state index contributed by atoms with van der Waals surface area (Å²) in [5.74, 6) is 0.964. The van der Waals surface area contributed by atoms with Gasteiger partial charge in [-0.25, -0.2) is 0 Å². The topological polar surface area (TPSA) is 145 Å². The van der Waals surface area contributed by atoms with Gasteiger partial charge in [-0.3, -0.25) is 0 Å². The Morgan fingerprint density at radius 3 is 1.30 bits per heavy atom. The fraction of sp³-hybridized carbons (Fsp3) is 0.536. The van der Waals surface area contributed by atoms with Gasteiger partial charge in [0, 0.05) is 213 Å². The van der Waals surface area contributed by atoms with Crippen molar-refractivity contribution in [1.82, 2.24) is 72.8 Å². The van der Waals surface area contributed by atoms with Crippen LogP contribution in [0.1, 0.15) is 69.8 Å². The Bertz CT molecular complexity index is 1590. The molecule has 0 unspecified atom stereocenters. The Morgan fingerprint density at radius 2 is 0.845 bits per heavy atom. The van der Waals surface area contributed by atoms with E-state index in [0.717, 1.165) is 43.8 Å². The summed E-state index contributed by atoms with van der Waals surface area (Å²) >= 11 is 0. The predicted octanol–water partition coefficient (Wildman–Crippen LogP) is 6.61. The molecule has 5 aliphatic rings. The quantitative estimate of drug-likeness (QED) is 0.0692. The number of anilines is 1. The van der Waals surface area contributed by atoms with Gasteiger partial charge in [-0.1, -0.05) is 48.5 Å². The number of likely N-dealkylation sites (N-methyl/N-ethyl adjacent to an activating group) is 1. The highest BCUT2D eigenvalue weighted by atomic mass is 15.2. The lowest BCUT2D eigenvalue weighted by Gasteiger charge is -2.31. The van der Waals surface area contributed by atoms with E-state index < -0.39 is 0 Å².